The summed E-state index contributed by atoms with van der Waals surface area (Å²) in [4.78, 5) is 14.0. The van der Waals surface area contributed by atoms with Crippen molar-refractivity contribution in [1.29, 1.82) is 0 Å². The maximum atomic E-state index is 12.1. The van der Waals surface area contributed by atoms with Crippen molar-refractivity contribution in [1.82, 2.24) is 4.90 Å². The first-order chi connectivity index (χ1) is 7.70. The Morgan fingerprint density at radius 2 is 2.38 bits per heavy atom. The van der Waals surface area contributed by atoms with Gasteiger partial charge in [-0.2, -0.15) is 0 Å². The van der Waals surface area contributed by atoms with E-state index < -0.39 is 6.04 Å². The van der Waals surface area contributed by atoms with Crippen LogP contribution in [0.4, 0.5) is 0 Å². The Hall–Kier alpha value is -1.01. The summed E-state index contributed by atoms with van der Waals surface area (Å²) in [6, 6.07) is -0.127. The van der Waals surface area contributed by atoms with Crippen LogP contribution in [0.2, 0.25) is 0 Å². The molecule has 1 aliphatic rings. The number of carbonyl (C=O) groups is 1. The monoisotopic (exact) mass is 222 g/mol. The highest BCUT2D eigenvalue weighted by Crippen LogP contribution is 2.21. The molecule has 2 atom stereocenters. The molecule has 1 aliphatic heterocycles. The molecule has 3 nitrogen and oxygen atoms in total. The Bertz CT molecular complexity index is 268. The minimum atomic E-state index is -0.512. The Labute approximate surface area is 98.4 Å². The average Bonchev–Trinajstić information content (AvgIpc) is 2.29. The number of piperidine rings is 1. The summed E-state index contributed by atoms with van der Waals surface area (Å²) >= 11 is 0. The second-order valence-corrected chi connectivity index (χ2v) is 4.48. The highest BCUT2D eigenvalue weighted by Gasteiger charge is 2.28. The Balaban J connectivity index is 2.60. The molecule has 0 spiro atoms. The number of rotatable bonds is 4. The lowest BCUT2D eigenvalue weighted by molar-refractivity contribution is -0.136. The van der Waals surface area contributed by atoms with Gasteiger partial charge in [0, 0.05) is 19.0 Å². The van der Waals surface area contributed by atoms with Crippen molar-refractivity contribution in [3.8, 4) is 12.3 Å². The molecule has 0 radical (unpaired) electrons. The number of terminal acetylenes is 1. The van der Waals surface area contributed by atoms with Crippen molar-refractivity contribution in [2.75, 3.05) is 6.54 Å². The van der Waals surface area contributed by atoms with Crippen LogP contribution in [0.15, 0.2) is 0 Å². The van der Waals surface area contributed by atoms with Crippen molar-refractivity contribution in [3.05, 3.63) is 0 Å². The molecule has 0 aromatic rings. The minimum Gasteiger partial charge on any atom is -0.338 e. The molecule has 1 heterocycles. The quantitative estimate of drug-likeness (QED) is 0.733. The zero-order valence-corrected chi connectivity index (χ0v) is 10.1. The Morgan fingerprint density at radius 1 is 1.62 bits per heavy atom. The van der Waals surface area contributed by atoms with Gasteiger partial charge < -0.3 is 10.6 Å². The molecule has 1 fully saturated rings. The summed E-state index contributed by atoms with van der Waals surface area (Å²) < 4.78 is 0. The summed E-state index contributed by atoms with van der Waals surface area (Å²) in [6.07, 6.45) is 11.1. The molecule has 1 saturated heterocycles. The van der Waals surface area contributed by atoms with E-state index in [-0.39, 0.29) is 5.91 Å². The van der Waals surface area contributed by atoms with Gasteiger partial charge in [-0.25, -0.2) is 0 Å². The van der Waals surface area contributed by atoms with Crippen molar-refractivity contribution in [2.24, 2.45) is 5.73 Å². The predicted octanol–water partition coefficient (Wildman–Crippen LogP) is 1.52. The van der Waals surface area contributed by atoms with Gasteiger partial charge in [0.05, 0.1) is 6.04 Å². The molecule has 0 bridgehead atoms. The molecule has 16 heavy (non-hydrogen) atoms. The normalized spacial score (nSPS) is 22.6. The lowest BCUT2D eigenvalue weighted by Crippen LogP contribution is -2.50. The Morgan fingerprint density at radius 3 is 3.00 bits per heavy atom. The van der Waals surface area contributed by atoms with E-state index in [0.717, 1.165) is 32.2 Å². The summed E-state index contributed by atoms with van der Waals surface area (Å²) in [6.45, 7) is 3.00. The van der Waals surface area contributed by atoms with Crippen LogP contribution >= 0.6 is 0 Å². The summed E-state index contributed by atoms with van der Waals surface area (Å²) in [5.74, 6) is 2.50. The molecular weight excluding hydrogens is 200 g/mol. The fraction of sp³-hybridized carbons (Fsp3) is 0.769. The van der Waals surface area contributed by atoms with Gasteiger partial charge in [0.2, 0.25) is 5.91 Å². The number of nitrogens with zero attached hydrogens (tertiary/aromatic N) is 1. The average molecular weight is 222 g/mol. The molecule has 0 aliphatic carbocycles. The Kier molecular flexibility index (Phi) is 5.34. The third-order valence-electron chi connectivity index (χ3n) is 3.19. The van der Waals surface area contributed by atoms with Crippen molar-refractivity contribution < 1.29 is 4.79 Å². The highest BCUT2D eigenvalue weighted by molar-refractivity contribution is 5.82. The maximum Gasteiger partial charge on any atom is 0.240 e. The third kappa shape index (κ3) is 3.24. The number of carbonyl (C=O) groups excluding carboxylic acids is 1. The zero-order chi connectivity index (χ0) is 12.0. The molecule has 1 amide bonds. The minimum absolute atomic E-state index is 0.0381. The molecule has 90 valence electrons. The number of hydrogen-bond donors (Lipinski definition) is 1. The van der Waals surface area contributed by atoms with Crippen LogP contribution in [0.25, 0.3) is 0 Å². The zero-order valence-electron chi connectivity index (χ0n) is 10.1. The van der Waals surface area contributed by atoms with Gasteiger partial charge >= 0.3 is 0 Å². The van der Waals surface area contributed by atoms with Crippen LogP contribution in [-0.2, 0) is 4.79 Å². The van der Waals surface area contributed by atoms with Gasteiger partial charge in [0.1, 0.15) is 0 Å². The van der Waals surface area contributed by atoms with E-state index in [1.165, 1.54) is 6.42 Å². The number of likely N-dealkylation sites (tertiary alicyclic amines) is 1. The smallest absolute Gasteiger partial charge is 0.240 e. The second-order valence-electron chi connectivity index (χ2n) is 4.48. The molecule has 2 unspecified atom stereocenters. The van der Waals surface area contributed by atoms with Gasteiger partial charge in [0.25, 0.3) is 0 Å². The molecule has 0 saturated carbocycles. The van der Waals surface area contributed by atoms with E-state index in [9.17, 15) is 4.79 Å². The molecule has 2 N–H and O–H groups in total. The van der Waals surface area contributed by atoms with E-state index in [2.05, 4.69) is 12.8 Å². The van der Waals surface area contributed by atoms with Crippen LogP contribution in [0.5, 0.6) is 0 Å². The molecular formula is C13H22N2O. The van der Waals surface area contributed by atoms with E-state index in [4.69, 9.17) is 12.2 Å². The summed E-state index contributed by atoms with van der Waals surface area (Å²) in [5, 5.41) is 0. The number of amides is 1. The van der Waals surface area contributed by atoms with Crippen LogP contribution in [0.1, 0.15) is 45.4 Å². The predicted molar refractivity (Wildman–Crippen MR) is 65.7 cm³/mol. The van der Waals surface area contributed by atoms with Crippen LogP contribution in [0, 0.1) is 12.3 Å². The SMILES string of the molecule is C#CCC(N)C(=O)N1CCCCC1CCC. The lowest BCUT2D eigenvalue weighted by atomic mass is 9.97. The molecule has 0 aromatic heterocycles. The van der Waals surface area contributed by atoms with Gasteiger partial charge in [-0.05, 0) is 25.7 Å². The fourth-order valence-corrected chi connectivity index (χ4v) is 2.35. The van der Waals surface area contributed by atoms with Crippen LogP contribution in [0.3, 0.4) is 0 Å². The molecule has 1 rings (SSSR count). The van der Waals surface area contributed by atoms with Crippen LogP contribution < -0.4 is 5.73 Å². The van der Waals surface area contributed by atoms with Crippen molar-refractivity contribution in [2.45, 2.75) is 57.5 Å². The summed E-state index contributed by atoms with van der Waals surface area (Å²) in [7, 11) is 0. The van der Waals surface area contributed by atoms with Gasteiger partial charge in [-0.3, -0.25) is 4.79 Å². The van der Waals surface area contributed by atoms with Gasteiger partial charge in [0.15, 0.2) is 0 Å². The fourth-order valence-electron chi connectivity index (χ4n) is 2.35. The van der Waals surface area contributed by atoms with Crippen molar-refractivity contribution >= 4 is 5.91 Å². The largest absolute Gasteiger partial charge is 0.338 e. The van der Waals surface area contributed by atoms with Gasteiger partial charge in [-0.1, -0.05) is 13.3 Å². The second kappa shape index (κ2) is 6.55. The van der Waals surface area contributed by atoms with E-state index in [0.29, 0.717) is 12.5 Å². The van der Waals surface area contributed by atoms with E-state index in [1.54, 1.807) is 0 Å². The van der Waals surface area contributed by atoms with Crippen molar-refractivity contribution in [3.63, 3.8) is 0 Å². The number of hydrogen-bond acceptors (Lipinski definition) is 2. The topological polar surface area (TPSA) is 46.3 Å². The first-order valence-corrected chi connectivity index (χ1v) is 6.20. The van der Waals surface area contributed by atoms with Gasteiger partial charge in [-0.15, -0.1) is 12.3 Å². The van der Waals surface area contributed by atoms with E-state index in [1.807, 2.05) is 4.90 Å². The summed E-state index contributed by atoms with van der Waals surface area (Å²) in [5.41, 5.74) is 5.78. The standard InChI is InChI=1S/C13H22N2O/c1-3-7-11-9-5-6-10-15(11)13(16)12(14)8-4-2/h2,11-12H,3,5-10,14H2,1H3. The van der Waals surface area contributed by atoms with Crippen LogP contribution in [-0.4, -0.2) is 29.4 Å². The molecule has 3 heteroatoms. The number of nitrogens with two attached hydrogens (primary N) is 1. The molecule has 0 aromatic carbocycles. The first kappa shape index (κ1) is 13.1. The maximum absolute atomic E-state index is 12.1. The highest BCUT2D eigenvalue weighted by atomic mass is 16.2. The van der Waals surface area contributed by atoms with E-state index >= 15 is 0 Å². The lowest BCUT2D eigenvalue weighted by Gasteiger charge is -2.37. The third-order valence-corrected chi connectivity index (χ3v) is 3.19. The first-order valence-electron chi connectivity index (χ1n) is 6.20.